The lowest BCUT2D eigenvalue weighted by molar-refractivity contribution is -0.137. The molecule has 17 heavy (non-hydrogen) atoms. The van der Waals surface area contributed by atoms with Crippen LogP contribution in [0, 0.1) is 0 Å². The largest absolute Gasteiger partial charge is 0.348 e. The maximum Gasteiger partial charge on any atom is 0.316 e. The number of alkyl halides is 1. The second-order valence-electron chi connectivity index (χ2n) is 3.50. The predicted octanol–water partition coefficient (Wildman–Crippen LogP) is 1.39. The molecule has 0 saturated carbocycles. The highest BCUT2D eigenvalue weighted by molar-refractivity contribution is 6.40. The van der Waals surface area contributed by atoms with Gasteiger partial charge >= 0.3 is 11.8 Å². The number of likely N-dealkylation sites (N-methyl/N-ethyl adjacent to an activating group) is 1. The number of carbonyl (C=O) groups is 2. The van der Waals surface area contributed by atoms with E-state index in [2.05, 4.69) is 5.32 Å². The highest BCUT2D eigenvalue weighted by atomic mass is 35.5. The fourth-order valence-electron chi connectivity index (χ4n) is 1.27. The molecule has 0 saturated heterocycles. The lowest BCUT2D eigenvalue weighted by Crippen LogP contribution is -2.41. The summed E-state index contributed by atoms with van der Waals surface area (Å²) in [5, 5.41) is 2.52. The van der Waals surface area contributed by atoms with Crippen LogP contribution in [0.4, 0.5) is 5.69 Å². The first-order valence-corrected chi connectivity index (χ1v) is 5.87. The molecule has 5 heteroatoms. The molecule has 0 aliphatic heterocycles. The monoisotopic (exact) mass is 254 g/mol. The van der Waals surface area contributed by atoms with Crippen molar-refractivity contribution in [2.45, 2.75) is 6.42 Å². The maximum atomic E-state index is 11.7. The molecule has 0 unspecified atom stereocenters. The third kappa shape index (κ3) is 4.07. The van der Waals surface area contributed by atoms with Crippen LogP contribution >= 0.6 is 11.6 Å². The zero-order valence-electron chi connectivity index (χ0n) is 9.65. The number of benzene rings is 1. The van der Waals surface area contributed by atoms with Crippen molar-refractivity contribution in [1.29, 1.82) is 0 Å². The van der Waals surface area contributed by atoms with Crippen molar-refractivity contribution in [3.8, 4) is 0 Å². The zero-order valence-corrected chi connectivity index (χ0v) is 10.4. The molecular weight excluding hydrogens is 240 g/mol. The summed E-state index contributed by atoms with van der Waals surface area (Å²) >= 11 is 5.48. The summed E-state index contributed by atoms with van der Waals surface area (Å²) in [7, 11) is 1.57. The molecule has 4 nitrogen and oxygen atoms in total. The van der Waals surface area contributed by atoms with E-state index in [1.165, 1.54) is 4.90 Å². The molecule has 2 amide bonds. The molecule has 0 aromatic heterocycles. The number of carbonyl (C=O) groups excluding carboxylic acids is 2. The van der Waals surface area contributed by atoms with E-state index in [1.807, 2.05) is 18.2 Å². The third-order valence-electron chi connectivity index (χ3n) is 2.24. The van der Waals surface area contributed by atoms with Gasteiger partial charge < -0.3 is 10.2 Å². The summed E-state index contributed by atoms with van der Waals surface area (Å²) in [4.78, 5) is 24.5. The van der Waals surface area contributed by atoms with E-state index < -0.39 is 11.8 Å². The Balaban J connectivity index is 2.55. The molecular formula is C12H15ClN2O2. The van der Waals surface area contributed by atoms with E-state index in [9.17, 15) is 9.59 Å². The van der Waals surface area contributed by atoms with E-state index >= 15 is 0 Å². The third-order valence-corrected chi connectivity index (χ3v) is 2.51. The summed E-state index contributed by atoms with van der Waals surface area (Å²) < 4.78 is 0. The number of hydrogen-bond donors (Lipinski definition) is 1. The van der Waals surface area contributed by atoms with Gasteiger partial charge in [0.2, 0.25) is 0 Å². The van der Waals surface area contributed by atoms with Crippen molar-refractivity contribution < 1.29 is 9.59 Å². The maximum absolute atomic E-state index is 11.7. The molecule has 1 rings (SSSR count). The van der Waals surface area contributed by atoms with Crippen LogP contribution in [0.25, 0.3) is 0 Å². The van der Waals surface area contributed by atoms with Gasteiger partial charge in [0, 0.05) is 25.2 Å². The van der Waals surface area contributed by atoms with Gasteiger partial charge in [-0.25, -0.2) is 0 Å². The molecule has 0 atom stereocenters. The van der Waals surface area contributed by atoms with Gasteiger partial charge in [0.25, 0.3) is 0 Å². The standard InChI is InChI=1S/C12H15ClN2O2/c1-15(10-6-3-2-4-7-10)12(17)11(16)14-9-5-8-13/h2-4,6-7H,5,8-9H2,1H3,(H,14,16). The minimum absolute atomic E-state index is 0.413. The van der Waals surface area contributed by atoms with E-state index in [0.717, 1.165) is 0 Å². The van der Waals surface area contributed by atoms with Gasteiger partial charge in [-0.1, -0.05) is 18.2 Å². The summed E-state index contributed by atoms with van der Waals surface area (Å²) in [6.07, 6.45) is 0.648. The minimum Gasteiger partial charge on any atom is -0.348 e. The topological polar surface area (TPSA) is 49.4 Å². The number of para-hydroxylation sites is 1. The molecule has 0 radical (unpaired) electrons. The Morgan fingerprint density at radius 3 is 2.53 bits per heavy atom. The number of nitrogens with one attached hydrogen (secondary N) is 1. The number of halogens is 1. The van der Waals surface area contributed by atoms with Gasteiger partial charge in [-0.3, -0.25) is 9.59 Å². The second-order valence-corrected chi connectivity index (χ2v) is 3.88. The fraction of sp³-hybridized carbons (Fsp3) is 0.333. The SMILES string of the molecule is CN(C(=O)C(=O)NCCCCl)c1ccccc1. The average molecular weight is 255 g/mol. The summed E-state index contributed by atoms with van der Waals surface area (Å²) in [6, 6.07) is 9.01. The van der Waals surface area contributed by atoms with Crippen LogP contribution in [0.1, 0.15) is 6.42 Å². The van der Waals surface area contributed by atoms with E-state index in [1.54, 1.807) is 19.2 Å². The van der Waals surface area contributed by atoms with Crippen LogP contribution in [0.2, 0.25) is 0 Å². The number of rotatable bonds is 4. The predicted molar refractivity (Wildman–Crippen MR) is 68.2 cm³/mol. The van der Waals surface area contributed by atoms with Crippen LogP contribution in [0.5, 0.6) is 0 Å². The van der Waals surface area contributed by atoms with Gasteiger partial charge in [0.1, 0.15) is 0 Å². The van der Waals surface area contributed by atoms with Crippen LogP contribution in [0.3, 0.4) is 0 Å². The molecule has 0 aliphatic rings. The smallest absolute Gasteiger partial charge is 0.316 e. The van der Waals surface area contributed by atoms with Gasteiger partial charge in [-0.05, 0) is 18.6 Å². The summed E-state index contributed by atoms with van der Waals surface area (Å²) in [5.41, 5.74) is 0.685. The Morgan fingerprint density at radius 2 is 1.94 bits per heavy atom. The summed E-state index contributed by atoms with van der Waals surface area (Å²) in [5.74, 6) is -0.726. The average Bonchev–Trinajstić information content (AvgIpc) is 2.38. The van der Waals surface area contributed by atoms with Crippen molar-refractivity contribution in [2.75, 3.05) is 24.4 Å². The number of anilines is 1. The van der Waals surface area contributed by atoms with Crippen molar-refractivity contribution in [1.82, 2.24) is 5.32 Å². The molecule has 1 N–H and O–H groups in total. The zero-order chi connectivity index (χ0) is 12.7. The molecule has 0 aliphatic carbocycles. The molecule has 0 bridgehead atoms. The Labute approximate surface area is 106 Å². The van der Waals surface area contributed by atoms with E-state index in [0.29, 0.717) is 24.5 Å². The highest BCUT2D eigenvalue weighted by Gasteiger charge is 2.18. The van der Waals surface area contributed by atoms with E-state index in [-0.39, 0.29) is 0 Å². The molecule has 1 aromatic carbocycles. The first-order chi connectivity index (χ1) is 8.16. The Kier molecular flexibility index (Phi) is 5.49. The number of amides is 2. The van der Waals surface area contributed by atoms with Gasteiger partial charge in [0.05, 0.1) is 0 Å². The van der Waals surface area contributed by atoms with Crippen LogP contribution in [-0.2, 0) is 9.59 Å². The lowest BCUT2D eigenvalue weighted by atomic mass is 10.3. The summed E-state index contributed by atoms with van der Waals surface area (Å²) in [6.45, 7) is 0.413. The second kappa shape index (κ2) is 6.91. The van der Waals surface area contributed by atoms with Crippen molar-refractivity contribution in [3.63, 3.8) is 0 Å². The van der Waals surface area contributed by atoms with Crippen molar-refractivity contribution >= 4 is 29.1 Å². The molecule has 0 spiro atoms. The van der Waals surface area contributed by atoms with Crippen LogP contribution in [0.15, 0.2) is 30.3 Å². The molecule has 1 aromatic rings. The normalized spacial score (nSPS) is 9.76. The first kappa shape index (κ1) is 13.5. The Hall–Kier alpha value is -1.55. The van der Waals surface area contributed by atoms with E-state index in [4.69, 9.17) is 11.6 Å². The highest BCUT2D eigenvalue weighted by Crippen LogP contribution is 2.10. The molecule has 92 valence electrons. The quantitative estimate of drug-likeness (QED) is 0.502. The lowest BCUT2D eigenvalue weighted by Gasteiger charge is -2.16. The molecule has 0 heterocycles. The van der Waals surface area contributed by atoms with Crippen LogP contribution < -0.4 is 10.2 Å². The fourth-order valence-corrected chi connectivity index (χ4v) is 1.40. The molecule has 0 fully saturated rings. The number of nitrogens with zero attached hydrogens (tertiary/aromatic N) is 1. The van der Waals surface area contributed by atoms with Gasteiger partial charge in [0.15, 0.2) is 0 Å². The van der Waals surface area contributed by atoms with Gasteiger partial charge in [-0.2, -0.15) is 0 Å². The number of hydrogen-bond acceptors (Lipinski definition) is 2. The van der Waals surface area contributed by atoms with Crippen molar-refractivity contribution in [3.05, 3.63) is 30.3 Å². The van der Waals surface area contributed by atoms with Gasteiger partial charge in [-0.15, -0.1) is 11.6 Å². The Bertz CT molecular complexity index is 381. The minimum atomic E-state index is -0.610. The Morgan fingerprint density at radius 1 is 1.29 bits per heavy atom. The van der Waals surface area contributed by atoms with Crippen LogP contribution in [-0.4, -0.2) is 31.3 Å². The first-order valence-electron chi connectivity index (χ1n) is 5.33. The van der Waals surface area contributed by atoms with Crippen molar-refractivity contribution in [2.24, 2.45) is 0 Å².